The highest BCUT2D eigenvalue weighted by molar-refractivity contribution is 5.41. The van der Waals surface area contributed by atoms with E-state index in [1.165, 1.54) is 11.1 Å². The summed E-state index contributed by atoms with van der Waals surface area (Å²) in [5.74, 6) is 0. The molecule has 0 aliphatic rings. The van der Waals surface area contributed by atoms with Gasteiger partial charge in [0.25, 0.3) is 0 Å². The average Bonchev–Trinajstić information content (AvgIpc) is 2.82. The van der Waals surface area contributed by atoms with Crippen molar-refractivity contribution in [1.29, 1.82) is 0 Å². The minimum Gasteiger partial charge on any atom is -0.399 e. The quantitative estimate of drug-likeness (QED) is 0.278. The lowest BCUT2D eigenvalue weighted by molar-refractivity contribution is 1.14. The molecule has 0 aliphatic carbocycles. The zero-order valence-electron chi connectivity index (χ0n) is 19.3. The molecule has 0 heterocycles. The number of rotatable bonds is 2. The van der Waals surface area contributed by atoms with Crippen LogP contribution in [0.2, 0.25) is 0 Å². The van der Waals surface area contributed by atoms with Gasteiger partial charge in [-0.05, 0) is 73.0 Å². The van der Waals surface area contributed by atoms with E-state index in [2.05, 4.69) is 24.4 Å². The Morgan fingerprint density at radius 3 is 1.44 bits per heavy atom. The molecule has 0 radical (unpaired) electrons. The zero-order chi connectivity index (χ0) is 23.6. The van der Waals surface area contributed by atoms with E-state index in [1.807, 2.05) is 111 Å². The largest absolute Gasteiger partial charge is 0.399 e. The first-order chi connectivity index (χ1) is 15.4. The van der Waals surface area contributed by atoms with Crippen molar-refractivity contribution in [2.75, 3.05) is 29.6 Å². The molecule has 0 atom stereocenters. The molecular formula is C28H36N4. The number of benzene rings is 4. The number of nitrogens with two attached hydrogens (primary N) is 3. The van der Waals surface area contributed by atoms with Crippen molar-refractivity contribution in [2.24, 2.45) is 0 Å². The third kappa shape index (κ3) is 12.6. The summed E-state index contributed by atoms with van der Waals surface area (Å²) in [4.78, 5) is 0. The van der Waals surface area contributed by atoms with Crippen molar-refractivity contribution in [1.82, 2.24) is 0 Å². The number of nitrogens with one attached hydrogen (secondary N) is 1. The summed E-state index contributed by atoms with van der Waals surface area (Å²) in [5, 5.41) is 3.03. The number of anilines is 4. The van der Waals surface area contributed by atoms with Gasteiger partial charge in [0.05, 0.1) is 0 Å². The van der Waals surface area contributed by atoms with Gasteiger partial charge in [-0.15, -0.1) is 0 Å². The lowest BCUT2D eigenvalue weighted by Gasteiger charge is -1.94. The number of nitrogen functional groups attached to an aromatic ring is 3. The predicted molar refractivity (Wildman–Crippen MR) is 143 cm³/mol. The van der Waals surface area contributed by atoms with Crippen LogP contribution in [0.25, 0.3) is 0 Å². The average molecular weight is 429 g/mol. The SMILES string of the molecule is CCc1ccc(N)cc1.CNc1ccccc1.Cc1cccc(N)c1.Nc1ccccc1. The fraction of sp³-hybridized carbons (Fsp3) is 0.143. The van der Waals surface area contributed by atoms with Crippen LogP contribution in [0, 0.1) is 6.92 Å². The Kier molecular flexibility index (Phi) is 12.9. The van der Waals surface area contributed by atoms with E-state index in [0.29, 0.717) is 0 Å². The summed E-state index contributed by atoms with van der Waals surface area (Å²) in [6.07, 6.45) is 1.08. The zero-order valence-corrected chi connectivity index (χ0v) is 19.3. The van der Waals surface area contributed by atoms with Crippen LogP contribution < -0.4 is 22.5 Å². The Balaban J connectivity index is 0.000000214. The summed E-state index contributed by atoms with van der Waals surface area (Å²) in [6.45, 7) is 4.15. The first kappa shape index (κ1) is 26.1. The Labute approximate surface area is 193 Å². The Hall–Kier alpha value is -3.92. The third-order valence-electron chi connectivity index (χ3n) is 4.29. The first-order valence-electron chi connectivity index (χ1n) is 10.6. The van der Waals surface area contributed by atoms with Gasteiger partial charge in [-0.25, -0.2) is 0 Å². The van der Waals surface area contributed by atoms with Crippen molar-refractivity contribution in [2.45, 2.75) is 20.3 Å². The first-order valence-corrected chi connectivity index (χ1v) is 10.6. The molecule has 4 nitrogen and oxygen atoms in total. The predicted octanol–water partition coefficient (Wildman–Crippen LogP) is 6.41. The topological polar surface area (TPSA) is 90.1 Å². The van der Waals surface area contributed by atoms with Gasteiger partial charge in [0.1, 0.15) is 0 Å². The molecule has 4 aromatic carbocycles. The summed E-state index contributed by atoms with van der Waals surface area (Å²) < 4.78 is 0. The molecule has 0 saturated heterocycles. The van der Waals surface area contributed by atoms with Gasteiger partial charge in [0.2, 0.25) is 0 Å². The Bertz CT molecular complexity index is 952. The molecule has 4 aromatic rings. The molecule has 0 amide bonds. The van der Waals surface area contributed by atoms with Gasteiger partial charge in [0, 0.05) is 29.8 Å². The van der Waals surface area contributed by atoms with Gasteiger partial charge >= 0.3 is 0 Å². The van der Waals surface area contributed by atoms with Gasteiger partial charge in [-0.3, -0.25) is 0 Å². The molecule has 0 unspecified atom stereocenters. The highest BCUT2D eigenvalue weighted by Crippen LogP contribution is 2.05. The van der Waals surface area contributed by atoms with E-state index in [0.717, 1.165) is 29.2 Å². The lowest BCUT2D eigenvalue weighted by Crippen LogP contribution is -1.84. The summed E-state index contributed by atoms with van der Waals surface area (Å²) in [6, 6.07) is 35.3. The van der Waals surface area contributed by atoms with E-state index in [-0.39, 0.29) is 0 Å². The van der Waals surface area contributed by atoms with Crippen molar-refractivity contribution in [3.8, 4) is 0 Å². The van der Waals surface area contributed by atoms with Crippen molar-refractivity contribution in [3.63, 3.8) is 0 Å². The van der Waals surface area contributed by atoms with Crippen molar-refractivity contribution < 1.29 is 0 Å². The van der Waals surface area contributed by atoms with E-state index in [4.69, 9.17) is 17.2 Å². The van der Waals surface area contributed by atoms with E-state index < -0.39 is 0 Å². The molecular weight excluding hydrogens is 392 g/mol. The van der Waals surface area contributed by atoms with Gasteiger partial charge in [-0.1, -0.05) is 67.6 Å². The second-order valence-corrected chi connectivity index (χ2v) is 7.04. The van der Waals surface area contributed by atoms with Crippen molar-refractivity contribution >= 4 is 22.7 Å². The van der Waals surface area contributed by atoms with Crippen LogP contribution in [0.15, 0.2) is 109 Å². The van der Waals surface area contributed by atoms with Crippen LogP contribution >= 0.6 is 0 Å². The standard InChI is InChI=1S/C8H11N.2C7H9N.C6H7N/c1-2-7-3-5-8(9)6-4-7;1-6-3-2-4-7(8)5-6;1-8-7-5-3-2-4-6-7;7-6-4-2-1-3-5-6/h3-6H,2,9H2,1H3;2-5H,8H2,1H3;2-6,8H,1H3;1-5H,7H2. The summed E-state index contributed by atoms with van der Waals surface area (Å²) in [7, 11) is 1.91. The molecule has 168 valence electrons. The van der Waals surface area contributed by atoms with Crippen LogP contribution in [0.5, 0.6) is 0 Å². The van der Waals surface area contributed by atoms with Crippen LogP contribution in [0.1, 0.15) is 18.1 Å². The number of hydrogen-bond donors (Lipinski definition) is 4. The molecule has 32 heavy (non-hydrogen) atoms. The van der Waals surface area contributed by atoms with Gasteiger partial charge < -0.3 is 22.5 Å². The molecule has 0 bridgehead atoms. The maximum atomic E-state index is 5.48. The smallest absolute Gasteiger partial charge is 0.0337 e. The van der Waals surface area contributed by atoms with Crippen LogP contribution in [-0.2, 0) is 6.42 Å². The molecule has 7 N–H and O–H groups in total. The number of hydrogen-bond acceptors (Lipinski definition) is 4. The van der Waals surface area contributed by atoms with Crippen LogP contribution in [0.4, 0.5) is 22.7 Å². The second-order valence-electron chi connectivity index (χ2n) is 7.04. The monoisotopic (exact) mass is 428 g/mol. The molecule has 0 saturated carbocycles. The second kappa shape index (κ2) is 15.9. The van der Waals surface area contributed by atoms with E-state index >= 15 is 0 Å². The fourth-order valence-corrected chi connectivity index (χ4v) is 2.48. The molecule has 0 spiro atoms. The number of para-hydroxylation sites is 2. The van der Waals surface area contributed by atoms with E-state index in [9.17, 15) is 0 Å². The minimum absolute atomic E-state index is 0.822. The maximum absolute atomic E-state index is 5.48. The van der Waals surface area contributed by atoms with E-state index in [1.54, 1.807) is 0 Å². The van der Waals surface area contributed by atoms with Crippen LogP contribution in [-0.4, -0.2) is 7.05 Å². The van der Waals surface area contributed by atoms with Crippen molar-refractivity contribution in [3.05, 3.63) is 120 Å². The normalized spacial score (nSPS) is 8.97. The highest BCUT2D eigenvalue weighted by Gasteiger charge is 1.85. The molecule has 4 heteroatoms. The summed E-state index contributed by atoms with van der Waals surface area (Å²) in [5.41, 5.74) is 22.5. The lowest BCUT2D eigenvalue weighted by atomic mass is 10.2. The minimum atomic E-state index is 0.822. The number of aryl methyl sites for hydroxylation is 2. The highest BCUT2D eigenvalue weighted by atomic mass is 14.8. The third-order valence-corrected chi connectivity index (χ3v) is 4.29. The van der Waals surface area contributed by atoms with Gasteiger partial charge in [-0.2, -0.15) is 0 Å². The Morgan fingerprint density at radius 2 is 1.09 bits per heavy atom. The maximum Gasteiger partial charge on any atom is 0.0337 e. The Morgan fingerprint density at radius 1 is 0.594 bits per heavy atom. The fourth-order valence-electron chi connectivity index (χ4n) is 2.48. The van der Waals surface area contributed by atoms with Crippen LogP contribution in [0.3, 0.4) is 0 Å². The summed E-state index contributed by atoms with van der Waals surface area (Å²) >= 11 is 0. The molecule has 0 aromatic heterocycles. The molecule has 0 aliphatic heterocycles. The molecule has 4 rings (SSSR count). The molecule has 0 fully saturated rings. The van der Waals surface area contributed by atoms with Gasteiger partial charge in [0.15, 0.2) is 0 Å².